The van der Waals surface area contributed by atoms with Gasteiger partial charge in [-0.1, -0.05) is 18.2 Å². The number of para-hydroxylation sites is 1. The SMILES string of the molecule is COc1ccc(OCc2csc(CC(=O)Nc3ccccc3)n2)c(C(N)=O)c1. The number of primary amides is 1. The number of aromatic nitrogens is 1. The lowest BCUT2D eigenvalue weighted by molar-refractivity contribution is -0.115. The zero-order valence-corrected chi connectivity index (χ0v) is 16.0. The molecule has 2 amide bonds. The van der Waals surface area contributed by atoms with E-state index in [1.807, 2.05) is 35.7 Å². The van der Waals surface area contributed by atoms with Gasteiger partial charge in [0.25, 0.3) is 5.91 Å². The zero-order valence-electron chi connectivity index (χ0n) is 15.2. The van der Waals surface area contributed by atoms with Gasteiger partial charge in [-0.2, -0.15) is 0 Å². The average Bonchev–Trinajstić information content (AvgIpc) is 3.14. The summed E-state index contributed by atoms with van der Waals surface area (Å²) in [5.41, 5.74) is 7.04. The highest BCUT2D eigenvalue weighted by Gasteiger charge is 2.13. The van der Waals surface area contributed by atoms with Crippen molar-refractivity contribution in [2.24, 2.45) is 5.73 Å². The molecule has 1 heterocycles. The van der Waals surface area contributed by atoms with Crippen molar-refractivity contribution in [2.45, 2.75) is 13.0 Å². The number of carbonyl (C=O) groups excluding carboxylic acids is 2. The van der Waals surface area contributed by atoms with Crippen LogP contribution in [0.3, 0.4) is 0 Å². The van der Waals surface area contributed by atoms with E-state index < -0.39 is 5.91 Å². The van der Waals surface area contributed by atoms with Gasteiger partial charge in [0.2, 0.25) is 5.91 Å². The van der Waals surface area contributed by atoms with E-state index in [0.717, 1.165) is 5.69 Å². The molecule has 1 aromatic heterocycles. The summed E-state index contributed by atoms with van der Waals surface area (Å²) in [7, 11) is 1.51. The Labute approximate surface area is 166 Å². The number of nitrogens with one attached hydrogen (secondary N) is 1. The first-order valence-corrected chi connectivity index (χ1v) is 9.32. The lowest BCUT2D eigenvalue weighted by Gasteiger charge is -2.10. The summed E-state index contributed by atoms with van der Waals surface area (Å²) in [5, 5.41) is 5.32. The summed E-state index contributed by atoms with van der Waals surface area (Å²) >= 11 is 1.38. The molecule has 0 aliphatic heterocycles. The number of rotatable bonds is 8. The smallest absolute Gasteiger partial charge is 0.252 e. The Balaban J connectivity index is 1.59. The summed E-state index contributed by atoms with van der Waals surface area (Å²) in [4.78, 5) is 28.1. The van der Waals surface area contributed by atoms with Gasteiger partial charge in [-0.25, -0.2) is 4.98 Å². The van der Waals surface area contributed by atoms with E-state index in [2.05, 4.69) is 10.3 Å². The minimum atomic E-state index is -0.606. The maximum atomic E-state index is 12.1. The van der Waals surface area contributed by atoms with Crippen LogP contribution >= 0.6 is 11.3 Å². The minimum absolute atomic E-state index is 0.140. The molecule has 3 rings (SSSR count). The van der Waals surface area contributed by atoms with E-state index in [-0.39, 0.29) is 24.5 Å². The first kappa shape index (κ1) is 19.4. The van der Waals surface area contributed by atoms with Gasteiger partial charge >= 0.3 is 0 Å². The topological polar surface area (TPSA) is 104 Å². The van der Waals surface area contributed by atoms with Gasteiger partial charge in [0, 0.05) is 11.1 Å². The van der Waals surface area contributed by atoms with Crippen LogP contribution < -0.4 is 20.5 Å². The Kier molecular flexibility index (Phi) is 6.23. The lowest BCUT2D eigenvalue weighted by Crippen LogP contribution is -2.14. The molecule has 144 valence electrons. The molecular formula is C20H19N3O4S. The van der Waals surface area contributed by atoms with Gasteiger partial charge in [0.15, 0.2) is 0 Å². The second-order valence-electron chi connectivity index (χ2n) is 5.84. The van der Waals surface area contributed by atoms with Crippen molar-refractivity contribution in [1.82, 2.24) is 4.98 Å². The van der Waals surface area contributed by atoms with E-state index >= 15 is 0 Å². The number of hydrogen-bond acceptors (Lipinski definition) is 6. The molecule has 0 unspecified atom stereocenters. The molecule has 3 aromatic rings. The molecule has 0 atom stereocenters. The first-order valence-electron chi connectivity index (χ1n) is 8.44. The molecule has 0 saturated heterocycles. The fraction of sp³-hybridized carbons (Fsp3) is 0.150. The van der Waals surface area contributed by atoms with Gasteiger partial charge in [-0.05, 0) is 30.3 Å². The number of amides is 2. The van der Waals surface area contributed by atoms with Gasteiger partial charge < -0.3 is 20.5 Å². The summed E-state index contributed by atoms with van der Waals surface area (Å²) < 4.78 is 10.8. The minimum Gasteiger partial charge on any atom is -0.497 e. The highest BCUT2D eigenvalue weighted by Crippen LogP contribution is 2.25. The Morgan fingerprint density at radius 1 is 1.18 bits per heavy atom. The fourth-order valence-electron chi connectivity index (χ4n) is 2.47. The maximum Gasteiger partial charge on any atom is 0.252 e. The van der Waals surface area contributed by atoms with E-state index in [0.29, 0.717) is 22.2 Å². The highest BCUT2D eigenvalue weighted by atomic mass is 32.1. The standard InChI is InChI=1S/C20H19N3O4S/c1-26-15-7-8-17(16(9-15)20(21)25)27-11-14-12-28-19(23-14)10-18(24)22-13-5-3-2-4-6-13/h2-9,12H,10-11H2,1H3,(H2,21,25)(H,22,24). The van der Waals surface area contributed by atoms with Crippen molar-refractivity contribution in [3.63, 3.8) is 0 Å². The van der Waals surface area contributed by atoms with Crippen molar-refractivity contribution >= 4 is 28.8 Å². The quantitative estimate of drug-likeness (QED) is 0.608. The van der Waals surface area contributed by atoms with E-state index in [4.69, 9.17) is 15.2 Å². The Morgan fingerprint density at radius 3 is 2.68 bits per heavy atom. The maximum absolute atomic E-state index is 12.1. The molecule has 0 saturated carbocycles. The number of benzene rings is 2. The third kappa shape index (κ3) is 5.08. The van der Waals surface area contributed by atoms with Crippen molar-refractivity contribution in [3.8, 4) is 11.5 Å². The van der Waals surface area contributed by atoms with Crippen molar-refractivity contribution in [2.75, 3.05) is 12.4 Å². The summed E-state index contributed by atoms with van der Waals surface area (Å²) in [6.07, 6.45) is 0.175. The van der Waals surface area contributed by atoms with Crippen LogP contribution in [-0.4, -0.2) is 23.9 Å². The number of ether oxygens (including phenoxy) is 2. The van der Waals surface area contributed by atoms with Gasteiger partial charge in [0.05, 0.1) is 24.8 Å². The largest absolute Gasteiger partial charge is 0.497 e. The molecule has 0 spiro atoms. The monoisotopic (exact) mass is 397 g/mol. The van der Waals surface area contributed by atoms with E-state index in [1.165, 1.54) is 24.5 Å². The number of methoxy groups -OCH3 is 1. The number of hydrogen-bond donors (Lipinski definition) is 2. The van der Waals surface area contributed by atoms with Crippen molar-refractivity contribution in [3.05, 3.63) is 70.2 Å². The summed E-state index contributed by atoms with van der Waals surface area (Å²) in [6.45, 7) is 0.156. The molecule has 0 aliphatic carbocycles. The highest BCUT2D eigenvalue weighted by molar-refractivity contribution is 7.09. The molecule has 8 heteroatoms. The van der Waals surface area contributed by atoms with Crippen LogP contribution in [0.1, 0.15) is 21.1 Å². The Morgan fingerprint density at radius 2 is 1.96 bits per heavy atom. The predicted molar refractivity (Wildman–Crippen MR) is 107 cm³/mol. The molecular weight excluding hydrogens is 378 g/mol. The van der Waals surface area contributed by atoms with Crippen LogP contribution in [0.15, 0.2) is 53.9 Å². The van der Waals surface area contributed by atoms with Crippen LogP contribution in [0.4, 0.5) is 5.69 Å². The lowest BCUT2D eigenvalue weighted by atomic mass is 10.2. The zero-order chi connectivity index (χ0) is 19.9. The number of carbonyl (C=O) groups is 2. The molecule has 0 radical (unpaired) electrons. The number of thiazole rings is 1. The van der Waals surface area contributed by atoms with Crippen molar-refractivity contribution < 1.29 is 19.1 Å². The van der Waals surface area contributed by atoms with Crippen molar-refractivity contribution in [1.29, 1.82) is 0 Å². The second-order valence-corrected chi connectivity index (χ2v) is 6.78. The number of nitrogens with two attached hydrogens (primary N) is 1. The number of anilines is 1. The second kappa shape index (κ2) is 9.01. The fourth-order valence-corrected chi connectivity index (χ4v) is 3.24. The summed E-state index contributed by atoms with van der Waals surface area (Å²) in [6, 6.07) is 14.1. The normalized spacial score (nSPS) is 10.3. The van der Waals surface area contributed by atoms with E-state index in [9.17, 15) is 9.59 Å². The Hall–Kier alpha value is -3.39. The predicted octanol–water partition coefficient (Wildman–Crippen LogP) is 3.01. The molecule has 0 bridgehead atoms. The molecule has 0 aliphatic rings. The van der Waals surface area contributed by atoms with Crippen LogP contribution in [0, 0.1) is 0 Å². The molecule has 7 nitrogen and oxygen atoms in total. The van der Waals surface area contributed by atoms with Crippen LogP contribution in [0.5, 0.6) is 11.5 Å². The average molecular weight is 397 g/mol. The third-order valence-electron chi connectivity index (χ3n) is 3.80. The van der Waals surface area contributed by atoms with Gasteiger partial charge in [-0.15, -0.1) is 11.3 Å². The van der Waals surface area contributed by atoms with Gasteiger partial charge in [0.1, 0.15) is 23.1 Å². The van der Waals surface area contributed by atoms with Gasteiger partial charge in [-0.3, -0.25) is 9.59 Å². The third-order valence-corrected chi connectivity index (χ3v) is 4.69. The first-order chi connectivity index (χ1) is 13.5. The molecule has 3 N–H and O–H groups in total. The van der Waals surface area contributed by atoms with E-state index in [1.54, 1.807) is 12.1 Å². The molecule has 28 heavy (non-hydrogen) atoms. The van der Waals surface area contributed by atoms with Crippen LogP contribution in [-0.2, 0) is 17.8 Å². The molecule has 2 aromatic carbocycles. The molecule has 0 fully saturated rings. The Bertz CT molecular complexity index is 973. The number of nitrogens with zero attached hydrogens (tertiary/aromatic N) is 1. The van der Waals surface area contributed by atoms with Crippen LogP contribution in [0.25, 0.3) is 0 Å². The van der Waals surface area contributed by atoms with Crippen LogP contribution in [0.2, 0.25) is 0 Å². The summed E-state index contributed by atoms with van der Waals surface area (Å²) in [5.74, 6) is 0.121.